The van der Waals surface area contributed by atoms with Gasteiger partial charge in [0.1, 0.15) is 17.0 Å². The molecule has 28 heavy (non-hydrogen) atoms. The number of ether oxygens (including phenoxy) is 2. The molecule has 4 heterocycles. The van der Waals surface area contributed by atoms with Crippen LogP contribution in [0.3, 0.4) is 0 Å². The lowest BCUT2D eigenvalue weighted by atomic mass is 9.85. The number of methoxy groups -OCH3 is 1. The van der Waals surface area contributed by atoms with Gasteiger partial charge >= 0.3 is 5.97 Å². The second-order valence-corrected chi connectivity index (χ2v) is 7.27. The molecule has 1 aliphatic rings. The fourth-order valence-electron chi connectivity index (χ4n) is 3.94. The topological polar surface area (TPSA) is 92.9 Å². The first-order valence-corrected chi connectivity index (χ1v) is 8.91. The summed E-state index contributed by atoms with van der Waals surface area (Å²) in [5.74, 6) is 0.248. The van der Waals surface area contributed by atoms with Crippen LogP contribution in [0.15, 0.2) is 42.9 Å². The lowest BCUT2D eigenvalue weighted by molar-refractivity contribution is 0.0595. The number of aromatic amines is 2. The molecule has 7 heteroatoms. The molecule has 1 aromatic carbocycles. The van der Waals surface area contributed by atoms with E-state index in [9.17, 15) is 4.79 Å². The van der Waals surface area contributed by atoms with Gasteiger partial charge in [-0.25, -0.2) is 4.79 Å². The molecule has 2 N–H and O–H groups in total. The summed E-state index contributed by atoms with van der Waals surface area (Å²) in [6.07, 6.45) is 5.16. The average molecular weight is 374 g/mol. The Morgan fingerprint density at radius 2 is 2.07 bits per heavy atom. The van der Waals surface area contributed by atoms with Gasteiger partial charge in [0.2, 0.25) is 0 Å². The summed E-state index contributed by atoms with van der Waals surface area (Å²) in [5, 5.41) is 8.00. The van der Waals surface area contributed by atoms with E-state index in [1.165, 1.54) is 7.11 Å². The Labute approximate surface area is 160 Å². The Hall–Kier alpha value is -3.61. The molecular formula is C21H18N4O3. The molecule has 0 radical (unpaired) electrons. The maximum Gasteiger partial charge on any atom is 0.355 e. The number of H-pyrrole nitrogens is 2. The highest BCUT2D eigenvalue weighted by molar-refractivity contribution is 6.01. The molecule has 4 aromatic rings. The van der Waals surface area contributed by atoms with Crippen LogP contribution in [0, 0.1) is 0 Å². The van der Waals surface area contributed by atoms with Crippen molar-refractivity contribution in [2.45, 2.75) is 19.4 Å². The van der Waals surface area contributed by atoms with Crippen LogP contribution in [-0.2, 0) is 10.3 Å². The highest BCUT2D eigenvalue weighted by Gasteiger charge is 2.39. The van der Waals surface area contributed by atoms with E-state index in [1.54, 1.807) is 18.6 Å². The van der Waals surface area contributed by atoms with E-state index in [-0.39, 0.29) is 0 Å². The van der Waals surface area contributed by atoms with Crippen molar-refractivity contribution >= 4 is 16.9 Å². The minimum Gasteiger partial charge on any atom is -0.481 e. The van der Waals surface area contributed by atoms with Crippen molar-refractivity contribution in [2.75, 3.05) is 7.11 Å². The summed E-state index contributed by atoms with van der Waals surface area (Å²) in [5.41, 5.74) is 4.94. The molecule has 0 saturated heterocycles. The molecule has 0 saturated carbocycles. The number of aromatic nitrogens is 4. The second-order valence-electron chi connectivity index (χ2n) is 7.27. The van der Waals surface area contributed by atoms with Crippen molar-refractivity contribution in [2.24, 2.45) is 0 Å². The maximum atomic E-state index is 12.6. The van der Waals surface area contributed by atoms with Crippen LogP contribution in [-0.4, -0.2) is 33.2 Å². The van der Waals surface area contributed by atoms with Crippen LogP contribution < -0.4 is 4.74 Å². The number of nitrogens with one attached hydrogen (secondary N) is 2. The first-order valence-electron chi connectivity index (χ1n) is 8.91. The summed E-state index contributed by atoms with van der Waals surface area (Å²) >= 11 is 0. The van der Waals surface area contributed by atoms with Gasteiger partial charge in [0.25, 0.3) is 0 Å². The van der Waals surface area contributed by atoms with Crippen LogP contribution in [0.2, 0.25) is 0 Å². The van der Waals surface area contributed by atoms with E-state index in [4.69, 9.17) is 9.47 Å². The molecule has 0 atom stereocenters. The van der Waals surface area contributed by atoms with Gasteiger partial charge < -0.3 is 14.5 Å². The number of benzene rings is 1. The zero-order valence-corrected chi connectivity index (χ0v) is 15.7. The third-order valence-electron chi connectivity index (χ3n) is 5.14. The maximum absolute atomic E-state index is 12.6. The number of rotatable bonds is 2. The van der Waals surface area contributed by atoms with E-state index >= 15 is 0 Å². The number of pyridine rings is 1. The van der Waals surface area contributed by atoms with Gasteiger partial charge in [0, 0.05) is 28.3 Å². The van der Waals surface area contributed by atoms with Crippen LogP contribution in [0.5, 0.6) is 5.75 Å². The van der Waals surface area contributed by atoms with Crippen molar-refractivity contribution in [1.82, 2.24) is 20.2 Å². The number of carbonyl (C=O) groups is 1. The summed E-state index contributed by atoms with van der Waals surface area (Å²) in [4.78, 5) is 20.1. The minimum absolute atomic E-state index is 0.400. The molecule has 140 valence electrons. The van der Waals surface area contributed by atoms with E-state index in [0.29, 0.717) is 11.4 Å². The first-order chi connectivity index (χ1) is 13.5. The summed E-state index contributed by atoms with van der Waals surface area (Å²) in [6.45, 7) is 3.97. The standard InChI is InChI=1S/C21H18N4O3/c1-21(2)17-16(11-4-5-14-12(8-11)9-23-25-14)19(20(26)27-3)24-18(17)13-6-7-22-10-15(13)28-21/h4-10,24H,1-3H3,(H,23,25). The SMILES string of the molecule is COC(=O)c1[nH]c2c(c1-c1ccc3[nH]ncc3c1)C(C)(C)Oc1cnccc1-2. The van der Waals surface area contributed by atoms with Gasteiger partial charge in [-0.2, -0.15) is 5.10 Å². The van der Waals surface area contributed by atoms with E-state index in [1.807, 2.05) is 38.1 Å². The van der Waals surface area contributed by atoms with Gasteiger partial charge in [-0.05, 0) is 37.6 Å². The van der Waals surface area contributed by atoms with Crippen LogP contribution in [0.1, 0.15) is 29.9 Å². The summed E-state index contributed by atoms with van der Waals surface area (Å²) in [6, 6.07) is 7.80. The van der Waals surface area contributed by atoms with Crippen molar-refractivity contribution in [3.63, 3.8) is 0 Å². The van der Waals surface area contributed by atoms with Crippen molar-refractivity contribution < 1.29 is 14.3 Å². The number of esters is 1. The molecule has 5 rings (SSSR count). The van der Waals surface area contributed by atoms with Crippen molar-refractivity contribution in [1.29, 1.82) is 0 Å². The van der Waals surface area contributed by atoms with Crippen molar-refractivity contribution in [3.05, 3.63) is 54.1 Å². The molecule has 0 bridgehead atoms. The monoisotopic (exact) mass is 374 g/mol. The molecule has 1 aliphatic heterocycles. The van der Waals surface area contributed by atoms with E-state index in [2.05, 4.69) is 20.2 Å². The highest BCUT2D eigenvalue weighted by atomic mass is 16.5. The number of nitrogens with zero attached hydrogens (tertiary/aromatic N) is 2. The predicted molar refractivity (Wildman–Crippen MR) is 104 cm³/mol. The molecule has 3 aromatic heterocycles. The molecule has 0 unspecified atom stereocenters. The van der Waals surface area contributed by atoms with Gasteiger partial charge in [-0.15, -0.1) is 0 Å². The number of carbonyl (C=O) groups excluding carboxylic acids is 1. The summed E-state index contributed by atoms with van der Waals surface area (Å²) in [7, 11) is 1.38. The van der Waals surface area contributed by atoms with Crippen LogP contribution in [0.4, 0.5) is 0 Å². The fourth-order valence-corrected chi connectivity index (χ4v) is 3.94. The molecule has 0 fully saturated rings. The average Bonchev–Trinajstić information content (AvgIpc) is 3.31. The van der Waals surface area contributed by atoms with Crippen LogP contribution >= 0.6 is 0 Å². The summed E-state index contributed by atoms with van der Waals surface area (Å²) < 4.78 is 11.3. The number of fused-ring (bicyclic) bond motifs is 4. The Morgan fingerprint density at radius 3 is 2.89 bits per heavy atom. The first kappa shape index (κ1) is 16.6. The van der Waals surface area contributed by atoms with Gasteiger partial charge in [0.15, 0.2) is 0 Å². The lowest BCUT2D eigenvalue weighted by Gasteiger charge is -2.33. The molecular weight excluding hydrogens is 356 g/mol. The van der Waals surface area contributed by atoms with Gasteiger partial charge in [0.05, 0.1) is 30.7 Å². The number of hydrogen-bond donors (Lipinski definition) is 2. The molecule has 0 amide bonds. The Bertz CT molecular complexity index is 1240. The third-order valence-corrected chi connectivity index (χ3v) is 5.14. The van der Waals surface area contributed by atoms with E-state index in [0.717, 1.165) is 38.9 Å². The Kier molecular flexibility index (Phi) is 3.37. The van der Waals surface area contributed by atoms with Crippen LogP contribution in [0.25, 0.3) is 33.3 Å². The highest BCUT2D eigenvalue weighted by Crippen LogP contribution is 2.49. The lowest BCUT2D eigenvalue weighted by Crippen LogP contribution is -2.29. The molecule has 7 nitrogen and oxygen atoms in total. The zero-order valence-electron chi connectivity index (χ0n) is 15.7. The smallest absolute Gasteiger partial charge is 0.355 e. The third kappa shape index (κ3) is 2.26. The fraction of sp³-hybridized carbons (Fsp3) is 0.190. The molecule has 0 aliphatic carbocycles. The largest absolute Gasteiger partial charge is 0.481 e. The normalized spacial score (nSPS) is 14.2. The molecule has 0 spiro atoms. The van der Waals surface area contributed by atoms with Gasteiger partial charge in [-0.1, -0.05) is 6.07 Å². The Balaban J connectivity index is 1.86. The minimum atomic E-state index is -0.672. The quantitative estimate of drug-likeness (QED) is 0.517. The van der Waals surface area contributed by atoms with Crippen molar-refractivity contribution in [3.8, 4) is 28.1 Å². The number of hydrogen-bond acceptors (Lipinski definition) is 5. The second kappa shape index (κ2) is 5.69. The van der Waals surface area contributed by atoms with Gasteiger partial charge in [-0.3, -0.25) is 10.1 Å². The zero-order chi connectivity index (χ0) is 19.5. The van der Waals surface area contributed by atoms with E-state index < -0.39 is 11.6 Å². The Morgan fingerprint density at radius 1 is 1.21 bits per heavy atom. The predicted octanol–water partition coefficient (Wildman–Crippen LogP) is 4.03.